The highest BCUT2D eigenvalue weighted by Gasteiger charge is 2.60. The monoisotopic (exact) mass is 390 g/mol. The normalized spacial score (nSPS) is 48.3. The molecule has 4 saturated carbocycles. The Bertz CT molecular complexity index is 566. The summed E-state index contributed by atoms with van der Waals surface area (Å²) in [6, 6.07) is 0. The Morgan fingerprint density at radius 2 is 1.61 bits per heavy atom. The first-order valence-electron chi connectivity index (χ1n) is 12.4. The molecule has 1 heterocycles. The molecule has 28 heavy (non-hydrogen) atoms. The summed E-state index contributed by atoms with van der Waals surface area (Å²) in [5, 5.41) is 10.6. The van der Waals surface area contributed by atoms with Crippen LogP contribution in [0.5, 0.6) is 0 Å². The summed E-state index contributed by atoms with van der Waals surface area (Å²) in [7, 11) is 0. The van der Waals surface area contributed by atoms with Gasteiger partial charge in [0.05, 0.1) is 19.3 Å². The van der Waals surface area contributed by atoms with Gasteiger partial charge in [0.2, 0.25) is 0 Å². The van der Waals surface area contributed by atoms with Gasteiger partial charge in [-0.25, -0.2) is 0 Å². The SMILES string of the molecule is CC(C)C[C@]12CC[C@H]3[C@@H](CC[C@@H]4CC5(CC[C@@H]43)OCCO5)[C@@H]1CC[C@@H]2C(C)O. The van der Waals surface area contributed by atoms with Crippen molar-refractivity contribution in [1.82, 2.24) is 0 Å². The first-order valence-corrected chi connectivity index (χ1v) is 12.4. The van der Waals surface area contributed by atoms with Crippen LogP contribution >= 0.6 is 0 Å². The lowest BCUT2D eigenvalue weighted by atomic mass is 9.47. The van der Waals surface area contributed by atoms with Gasteiger partial charge in [-0.1, -0.05) is 13.8 Å². The lowest BCUT2D eigenvalue weighted by molar-refractivity contribution is -0.210. The molecule has 1 aliphatic heterocycles. The first-order chi connectivity index (χ1) is 13.4. The van der Waals surface area contributed by atoms with E-state index in [1.54, 1.807) is 0 Å². The summed E-state index contributed by atoms with van der Waals surface area (Å²) in [5.74, 6) is 5.49. The molecular formula is C25H42O3. The number of hydrogen-bond acceptors (Lipinski definition) is 3. The molecule has 5 aliphatic rings. The quantitative estimate of drug-likeness (QED) is 0.701. The van der Waals surface area contributed by atoms with Gasteiger partial charge in [-0.2, -0.15) is 0 Å². The average molecular weight is 391 g/mol. The molecule has 0 radical (unpaired) electrons. The molecule has 0 amide bonds. The molecule has 5 fully saturated rings. The van der Waals surface area contributed by atoms with Crippen molar-refractivity contribution in [2.75, 3.05) is 13.2 Å². The molecule has 0 aromatic heterocycles. The lowest BCUT2D eigenvalue weighted by Gasteiger charge is -2.58. The fraction of sp³-hybridized carbons (Fsp3) is 1.00. The predicted octanol–water partition coefficient (Wildman–Crippen LogP) is 5.41. The minimum Gasteiger partial charge on any atom is -0.393 e. The molecule has 5 rings (SSSR count). The van der Waals surface area contributed by atoms with Crippen LogP contribution in [0.2, 0.25) is 0 Å². The molecule has 0 aromatic carbocycles. The Kier molecular flexibility index (Phi) is 5.12. The summed E-state index contributed by atoms with van der Waals surface area (Å²) in [5.41, 5.74) is 0.421. The van der Waals surface area contributed by atoms with E-state index < -0.39 is 0 Å². The maximum atomic E-state index is 10.6. The first kappa shape index (κ1) is 19.8. The fourth-order valence-corrected chi connectivity index (χ4v) is 9.32. The fourth-order valence-electron chi connectivity index (χ4n) is 9.32. The van der Waals surface area contributed by atoms with E-state index in [4.69, 9.17) is 9.47 Å². The van der Waals surface area contributed by atoms with Crippen molar-refractivity contribution in [2.24, 2.45) is 46.8 Å². The Labute approximate surface area is 171 Å². The van der Waals surface area contributed by atoms with Gasteiger partial charge in [-0.15, -0.1) is 0 Å². The number of aliphatic hydroxyl groups excluding tert-OH is 1. The van der Waals surface area contributed by atoms with Crippen molar-refractivity contribution in [2.45, 2.75) is 96.9 Å². The van der Waals surface area contributed by atoms with Crippen molar-refractivity contribution >= 4 is 0 Å². The van der Waals surface area contributed by atoms with Gasteiger partial charge in [0, 0.05) is 12.8 Å². The van der Waals surface area contributed by atoms with Gasteiger partial charge in [-0.05, 0) is 105 Å². The summed E-state index contributed by atoms with van der Waals surface area (Å²) in [6.07, 6.45) is 13.0. The average Bonchev–Trinajstić information content (AvgIpc) is 3.25. The van der Waals surface area contributed by atoms with Crippen molar-refractivity contribution in [3.8, 4) is 0 Å². The second-order valence-electron chi connectivity index (χ2n) is 11.6. The molecule has 1 unspecified atom stereocenters. The maximum absolute atomic E-state index is 10.6. The van der Waals surface area contributed by atoms with Crippen molar-refractivity contribution in [1.29, 1.82) is 0 Å². The van der Waals surface area contributed by atoms with Crippen LogP contribution in [0.25, 0.3) is 0 Å². The zero-order valence-corrected chi connectivity index (χ0v) is 18.4. The van der Waals surface area contributed by atoms with E-state index in [0.29, 0.717) is 11.3 Å². The van der Waals surface area contributed by atoms with Crippen LogP contribution in [0.3, 0.4) is 0 Å². The van der Waals surface area contributed by atoms with Crippen LogP contribution in [0.15, 0.2) is 0 Å². The van der Waals surface area contributed by atoms with E-state index in [0.717, 1.165) is 61.6 Å². The standard InChI is InChI=1S/C25H42O3/c1-16(2)14-24-10-8-20-19-9-11-25(27-12-13-28-25)15-18(19)4-5-21(20)23(24)7-6-22(24)17(3)26/h16-23,26H,4-15H2,1-3H3/t17?,18-,19+,20-,21-,22-,23+,24+/m1/s1. The van der Waals surface area contributed by atoms with Crippen LogP contribution < -0.4 is 0 Å². The van der Waals surface area contributed by atoms with Gasteiger partial charge >= 0.3 is 0 Å². The van der Waals surface area contributed by atoms with Crippen LogP contribution in [0.1, 0.15) is 85.0 Å². The third-order valence-corrected chi connectivity index (χ3v) is 9.92. The third-order valence-electron chi connectivity index (χ3n) is 9.92. The predicted molar refractivity (Wildman–Crippen MR) is 111 cm³/mol. The van der Waals surface area contributed by atoms with Crippen LogP contribution in [0.4, 0.5) is 0 Å². The summed E-state index contributed by atoms with van der Waals surface area (Å²) < 4.78 is 12.2. The molecule has 3 nitrogen and oxygen atoms in total. The van der Waals surface area contributed by atoms with Crippen molar-refractivity contribution in [3.05, 3.63) is 0 Å². The molecule has 1 saturated heterocycles. The Balaban J connectivity index is 1.37. The third kappa shape index (κ3) is 3.02. The molecule has 1 N–H and O–H groups in total. The number of ether oxygens (including phenoxy) is 2. The van der Waals surface area contributed by atoms with E-state index in [9.17, 15) is 5.11 Å². The van der Waals surface area contributed by atoms with Gasteiger partial charge < -0.3 is 14.6 Å². The molecule has 0 aromatic rings. The van der Waals surface area contributed by atoms with Crippen molar-refractivity contribution < 1.29 is 14.6 Å². The second-order valence-corrected chi connectivity index (χ2v) is 11.6. The van der Waals surface area contributed by atoms with E-state index in [-0.39, 0.29) is 11.9 Å². The van der Waals surface area contributed by atoms with Crippen LogP contribution in [-0.2, 0) is 9.47 Å². The van der Waals surface area contributed by atoms with E-state index in [1.165, 1.54) is 51.4 Å². The van der Waals surface area contributed by atoms with E-state index >= 15 is 0 Å². The molecule has 160 valence electrons. The van der Waals surface area contributed by atoms with Gasteiger partial charge in [0.25, 0.3) is 0 Å². The Hall–Kier alpha value is -0.120. The number of fused-ring (bicyclic) bond motifs is 5. The Morgan fingerprint density at radius 1 is 0.857 bits per heavy atom. The molecule has 0 bridgehead atoms. The molecule has 4 aliphatic carbocycles. The second kappa shape index (κ2) is 7.24. The Morgan fingerprint density at radius 3 is 2.32 bits per heavy atom. The van der Waals surface area contributed by atoms with Gasteiger partial charge in [0.15, 0.2) is 5.79 Å². The molecule has 3 heteroatoms. The smallest absolute Gasteiger partial charge is 0.168 e. The number of aliphatic hydroxyl groups is 1. The largest absolute Gasteiger partial charge is 0.393 e. The summed E-state index contributed by atoms with van der Waals surface area (Å²) in [6.45, 7) is 8.46. The van der Waals surface area contributed by atoms with Gasteiger partial charge in [-0.3, -0.25) is 0 Å². The zero-order valence-electron chi connectivity index (χ0n) is 18.4. The van der Waals surface area contributed by atoms with Gasteiger partial charge in [0.1, 0.15) is 0 Å². The lowest BCUT2D eigenvalue weighted by Crippen LogP contribution is -2.53. The highest BCUT2D eigenvalue weighted by Crippen LogP contribution is 2.67. The van der Waals surface area contributed by atoms with Crippen LogP contribution in [-0.4, -0.2) is 30.2 Å². The highest BCUT2D eigenvalue weighted by atomic mass is 16.7. The number of hydrogen-bond donors (Lipinski definition) is 1. The molecule has 1 spiro atoms. The summed E-state index contributed by atoms with van der Waals surface area (Å²) >= 11 is 0. The van der Waals surface area contributed by atoms with E-state index in [1.807, 2.05) is 0 Å². The minimum absolute atomic E-state index is 0.136. The zero-order chi connectivity index (χ0) is 19.5. The van der Waals surface area contributed by atoms with Crippen LogP contribution in [0, 0.1) is 46.8 Å². The van der Waals surface area contributed by atoms with E-state index in [2.05, 4.69) is 20.8 Å². The highest BCUT2D eigenvalue weighted by molar-refractivity contribution is 5.09. The molecular weight excluding hydrogens is 348 g/mol. The maximum Gasteiger partial charge on any atom is 0.168 e. The summed E-state index contributed by atoms with van der Waals surface area (Å²) in [4.78, 5) is 0. The molecule has 8 atom stereocenters. The number of rotatable bonds is 3. The topological polar surface area (TPSA) is 38.7 Å². The minimum atomic E-state index is -0.213. The van der Waals surface area contributed by atoms with Crippen molar-refractivity contribution in [3.63, 3.8) is 0 Å².